The second kappa shape index (κ2) is 5.50. The van der Waals surface area contributed by atoms with Crippen LogP contribution in [0, 0.1) is 0 Å². The Balaban J connectivity index is 2.91. The number of fused-ring (bicyclic) bond motifs is 1. The first-order chi connectivity index (χ1) is 10.3. The fourth-order valence-corrected chi connectivity index (χ4v) is 3.21. The van der Waals surface area contributed by atoms with E-state index in [1.165, 1.54) is 0 Å². The van der Waals surface area contributed by atoms with E-state index in [4.69, 9.17) is 9.47 Å². The predicted molar refractivity (Wildman–Crippen MR) is 87.5 cm³/mol. The summed E-state index contributed by atoms with van der Waals surface area (Å²) in [6, 6.07) is 0. The van der Waals surface area contributed by atoms with Gasteiger partial charge in [-0.25, -0.2) is 0 Å². The van der Waals surface area contributed by atoms with Crippen LogP contribution < -0.4 is 19.7 Å². The number of hydrogen-bond donors (Lipinski definition) is 0. The zero-order valence-electron chi connectivity index (χ0n) is 15.5. The highest BCUT2D eigenvalue weighted by Crippen LogP contribution is 2.54. The minimum absolute atomic E-state index is 0.0722. The van der Waals surface area contributed by atoms with E-state index < -0.39 is 22.3 Å². The van der Waals surface area contributed by atoms with Crippen molar-refractivity contribution >= 4 is 0 Å². The Morgan fingerprint density at radius 1 is 0.739 bits per heavy atom. The van der Waals surface area contributed by atoms with Crippen molar-refractivity contribution in [1.29, 1.82) is 0 Å². The zero-order chi connectivity index (χ0) is 17.7. The number of hydrogen-bond acceptors (Lipinski definition) is 4. The summed E-state index contributed by atoms with van der Waals surface area (Å²) in [5.41, 5.74) is -0.140. The van der Waals surface area contributed by atoms with Gasteiger partial charge in [-0.1, -0.05) is 41.5 Å². The smallest absolute Gasteiger partial charge is 0.164 e. The molecule has 0 N–H and O–H groups in total. The van der Waals surface area contributed by atoms with Gasteiger partial charge in [0.1, 0.15) is 0 Å². The van der Waals surface area contributed by atoms with Gasteiger partial charge in [0, 0.05) is 6.42 Å². The van der Waals surface area contributed by atoms with Gasteiger partial charge in [-0.15, -0.1) is 11.5 Å². The van der Waals surface area contributed by atoms with E-state index in [2.05, 4.69) is 0 Å². The molecule has 1 aromatic carbocycles. The van der Waals surface area contributed by atoms with Gasteiger partial charge >= 0.3 is 0 Å². The summed E-state index contributed by atoms with van der Waals surface area (Å²) in [4.78, 5) is 0. The minimum atomic E-state index is -0.493. The average Bonchev–Trinajstić information content (AvgIpc) is 2.44. The molecule has 2 rings (SSSR count). The maximum absolute atomic E-state index is 12.8. The average molecular weight is 320 g/mol. The SMILES string of the molecule is C[C@@H]1C[C@@H](C)Oc2c(c(C(C)(C)C)c([O-])c([O-])c2C(C)(C)C)O1. The van der Waals surface area contributed by atoms with Crippen molar-refractivity contribution in [2.75, 3.05) is 0 Å². The molecule has 130 valence electrons. The third-order valence-corrected chi connectivity index (χ3v) is 4.12. The van der Waals surface area contributed by atoms with Crippen LogP contribution >= 0.6 is 0 Å². The van der Waals surface area contributed by atoms with Gasteiger partial charge in [-0.3, -0.25) is 0 Å². The molecule has 4 heteroatoms. The highest BCUT2D eigenvalue weighted by atomic mass is 16.5. The fourth-order valence-electron chi connectivity index (χ4n) is 3.21. The Bertz CT molecular complexity index is 553. The molecule has 1 aromatic rings. The van der Waals surface area contributed by atoms with E-state index in [1.54, 1.807) is 0 Å². The summed E-state index contributed by atoms with van der Waals surface area (Å²) in [5.74, 6) is -0.00851. The van der Waals surface area contributed by atoms with E-state index in [9.17, 15) is 10.2 Å². The molecule has 0 aromatic heterocycles. The maximum Gasteiger partial charge on any atom is 0.164 e. The van der Waals surface area contributed by atoms with Crippen LogP contribution in [0.15, 0.2) is 0 Å². The molecule has 0 aliphatic carbocycles. The molecule has 0 fully saturated rings. The Morgan fingerprint density at radius 2 is 1.04 bits per heavy atom. The molecule has 4 nitrogen and oxygen atoms in total. The minimum Gasteiger partial charge on any atom is -0.873 e. The van der Waals surface area contributed by atoms with E-state index >= 15 is 0 Å². The number of ether oxygens (including phenoxy) is 2. The van der Waals surface area contributed by atoms with Gasteiger partial charge in [0.25, 0.3) is 0 Å². The first-order valence-electron chi connectivity index (χ1n) is 8.26. The lowest BCUT2D eigenvalue weighted by molar-refractivity contribution is -0.319. The number of benzene rings is 1. The lowest BCUT2D eigenvalue weighted by Crippen LogP contribution is -2.24. The molecule has 23 heavy (non-hydrogen) atoms. The van der Waals surface area contributed by atoms with Gasteiger partial charge in [-0.2, -0.15) is 0 Å². The quantitative estimate of drug-likeness (QED) is 0.735. The summed E-state index contributed by atoms with van der Waals surface area (Å²) >= 11 is 0. The molecule has 1 aliphatic heterocycles. The molecule has 0 bridgehead atoms. The van der Waals surface area contributed by atoms with Gasteiger partial charge in [0.05, 0.1) is 12.2 Å². The van der Waals surface area contributed by atoms with Crippen LogP contribution in [0.2, 0.25) is 0 Å². The van der Waals surface area contributed by atoms with Gasteiger partial charge in [-0.05, 0) is 35.8 Å². The molecular weight excluding hydrogens is 292 g/mol. The molecule has 1 aliphatic rings. The van der Waals surface area contributed by atoms with Crippen LogP contribution in [0.4, 0.5) is 0 Å². The highest BCUT2D eigenvalue weighted by Gasteiger charge is 2.34. The summed E-state index contributed by atoms with van der Waals surface area (Å²) in [7, 11) is 0. The Morgan fingerprint density at radius 3 is 1.30 bits per heavy atom. The van der Waals surface area contributed by atoms with Crippen molar-refractivity contribution in [3.63, 3.8) is 0 Å². The van der Waals surface area contributed by atoms with Crippen LogP contribution in [-0.4, -0.2) is 12.2 Å². The Labute approximate surface area is 139 Å². The van der Waals surface area contributed by atoms with Crippen molar-refractivity contribution in [1.82, 2.24) is 0 Å². The molecule has 0 radical (unpaired) electrons. The molecule has 1 heterocycles. The highest BCUT2D eigenvalue weighted by molar-refractivity contribution is 5.68. The van der Waals surface area contributed by atoms with Gasteiger partial charge < -0.3 is 19.7 Å². The summed E-state index contributed by atoms with van der Waals surface area (Å²) < 4.78 is 12.2. The second-order valence-electron chi connectivity index (χ2n) is 8.66. The number of rotatable bonds is 0. The zero-order valence-corrected chi connectivity index (χ0v) is 15.5. The first-order valence-corrected chi connectivity index (χ1v) is 8.26. The van der Waals surface area contributed by atoms with E-state index in [0.717, 1.165) is 0 Å². The molecule has 0 saturated heterocycles. The Hall–Kier alpha value is -1.58. The third-order valence-electron chi connectivity index (χ3n) is 4.12. The lowest BCUT2D eigenvalue weighted by Gasteiger charge is -2.39. The van der Waals surface area contributed by atoms with Crippen LogP contribution in [0.5, 0.6) is 23.0 Å². The predicted octanol–water partition coefficient (Wildman–Crippen LogP) is 3.37. The van der Waals surface area contributed by atoms with Crippen LogP contribution in [0.1, 0.15) is 72.9 Å². The molecule has 0 spiro atoms. The lowest BCUT2D eigenvalue weighted by atomic mass is 9.79. The maximum atomic E-state index is 12.8. The molecule has 2 atom stereocenters. The van der Waals surface area contributed by atoms with Crippen molar-refractivity contribution < 1.29 is 19.7 Å². The van der Waals surface area contributed by atoms with Gasteiger partial charge in [0.2, 0.25) is 0 Å². The van der Waals surface area contributed by atoms with Gasteiger partial charge in [0.15, 0.2) is 11.5 Å². The Kier molecular flexibility index (Phi) is 4.25. The van der Waals surface area contributed by atoms with Crippen molar-refractivity contribution in [2.45, 2.75) is 84.8 Å². The topological polar surface area (TPSA) is 64.6 Å². The molecule has 0 amide bonds. The summed E-state index contributed by atoms with van der Waals surface area (Å²) in [6.07, 6.45) is 0.568. The van der Waals surface area contributed by atoms with Crippen LogP contribution in [0.3, 0.4) is 0 Å². The standard InChI is InChI=1S/C19H30O4/c1-10-9-11(2)23-17-13(19(6,7)8)15(21)14(20)12(16(17)22-10)18(3,4)5/h10-11,20-21H,9H2,1-8H3/p-2/t10-,11-/m1/s1. The monoisotopic (exact) mass is 320 g/mol. The van der Waals surface area contributed by atoms with E-state index in [-0.39, 0.29) is 12.2 Å². The first kappa shape index (κ1) is 17.8. The van der Waals surface area contributed by atoms with Crippen molar-refractivity contribution in [3.05, 3.63) is 11.1 Å². The molecule has 0 unspecified atom stereocenters. The van der Waals surface area contributed by atoms with E-state index in [1.807, 2.05) is 55.4 Å². The van der Waals surface area contributed by atoms with Crippen LogP contribution in [0.25, 0.3) is 0 Å². The van der Waals surface area contributed by atoms with Crippen molar-refractivity contribution in [2.24, 2.45) is 0 Å². The van der Waals surface area contributed by atoms with E-state index in [0.29, 0.717) is 29.0 Å². The molecular formula is C19H28O4-2. The largest absolute Gasteiger partial charge is 0.873 e. The fraction of sp³-hybridized carbons (Fsp3) is 0.684. The van der Waals surface area contributed by atoms with Crippen LogP contribution in [-0.2, 0) is 10.8 Å². The summed E-state index contributed by atoms with van der Waals surface area (Å²) in [5, 5.41) is 25.6. The third kappa shape index (κ3) is 3.22. The van der Waals surface area contributed by atoms with Crippen molar-refractivity contribution in [3.8, 4) is 23.0 Å². The summed E-state index contributed by atoms with van der Waals surface area (Å²) in [6.45, 7) is 15.4. The second-order valence-corrected chi connectivity index (χ2v) is 8.66. The molecule has 0 saturated carbocycles. The normalized spacial score (nSPS) is 21.9.